The molecule has 2 N–H and O–H groups in total. The van der Waals surface area contributed by atoms with Crippen LogP contribution in [-0.2, 0) is 6.42 Å². The summed E-state index contributed by atoms with van der Waals surface area (Å²) < 4.78 is 1.63. The molecule has 2 aromatic rings. The predicted molar refractivity (Wildman–Crippen MR) is 64.8 cm³/mol. The van der Waals surface area contributed by atoms with Gasteiger partial charge in [-0.3, -0.25) is 0 Å². The molecule has 1 aromatic carbocycles. The standard InChI is InChI=1S/C11H13ClN4/c1-2-3-10-14-11(13)16(15-10)9-6-4-8(12)5-7-9/h4-7H,2-3H2,1H3,(H2,13,14,15). The number of hydrogen-bond acceptors (Lipinski definition) is 3. The van der Waals surface area contributed by atoms with Gasteiger partial charge in [-0.1, -0.05) is 18.5 Å². The lowest BCUT2D eigenvalue weighted by Crippen LogP contribution is -2.02. The Hall–Kier alpha value is -1.55. The minimum atomic E-state index is 0.408. The van der Waals surface area contributed by atoms with Crippen LogP contribution in [0.2, 0.25) is 5.02 Å². The molecule has 1 heterocycles. The van der Waals surface area contributed by atoms with Crippen molar-refractivity contribution in [3.63, 3.8) is 0 Å². The van der Waals surface area contributed by atoms with E-state index >= 15 is 0 Å². The van der Waals surface area contributed by atoms with E-state index in [9.17, 15) is 0 Å². The highest BCUT2D eigenvalue weighted by molar-refractivity contribution is 6.30. The van der Waals surface area contributed by atoms with Crippen LogP contribution in [0.5, 0.6) is 0 Å². The fourth-order valence-corrected chi connectivity index (χ4v) is 1.60. The Bertz CT molecular complexity index is 475. The number of nitrogen functional groups attached to an aromatic ring is 1. The summed E-state index contributed by atoms with van der Waals surface area (Å²) in [6.45, 7) is 2.08. The molecule has 0 atom stereocenters. The normalized spacial score (nSPS) is 10.6. The third-order valence-electron chi connectivity index (χ3n) is 2.22. The maximum Gasteiger partial charge on any atom is 0.223 e. The molecule has 16 heavy (non-hydrogen) atoms. The number of nitrogens with two attached hydrogens (primary N) is 1. The van der Waals surface area contributed by atoms with Gasteiger partial charge >= 0.3 is 0 Å². The summed E-state index contributed by atoms with van der Waals surface area (Å²) in [5.41, 5.74) is 6.67. The molecule has 4 nitrogen and oxygen atoms in total. The molecule has 0 radical (unpaired) electrons. The molecule has 0 aliphatic rings. The van der Waals surface area contributed by atoms with Gasteiger partial charge in [-0.2, -0.15) is 9.67 Å². The highest BCUT2D eigenvalue weighted by atomic mass is 35.5. The van der Waals surface area contributed by atoms with E-state index in [4.69, 9.17) is 17.3 Å². The lowest BCUT2D eigenvalue weighted by molar-refractivity contribution is 0.801. The summed E-state index contributed by atoms with van der Waals surface area (Å²) >= 11 is 5.82. The topological polar surface area (TPSA) is 56.7 Å². The molecule has 0 amide bonds. The molecule has 0 spiro atoms. The zero-order valence-corrected chi connectivity index (χ0v) is 9.78. The van der Waals surface area contributed by atoms with Crippen LogP contribution in [0.15, 0.2) is 24.3 Å². The lowest BCUT2D eigenvalue weighted by atomic mass is 10.3. The Kier molecular flexibility index (Phi) is 3.10. The van der Waals surface area contributed by atoms with Crippen LogP contribution in [-0.4, -0.2) is 14.8 Å². The Balaban J connectivity index is 2.36. The van der Waals surface area contributed by atoms with Gasteiger partial charge in [0.25, 0.3) is 0 Å². The number of benzene rings is 1. The number of anilines is 1. The molecule has 0 fully saturated rings. The first-order chi connectivity index (χ1) is 7.70. The first-order valence-corrected chi connectivity index (χ1v) is 5.56. The van der Waals surface area contributed by atoms with E-state index in [1.807, 2.05) is 12.1 Å². The second-order valence-electron chi connectivity index (χ2n) is 3.52. The highest BCUT2D eigenvalue weighted by Gasteiger charge is 2.07. The first kappa shape index (κ1) is 11.0. The quantitative estimate of drug-likeness (QED) is 0.891. The molecular weight excluding hydrogens is 224 g/mol. The van der Waals surface area contributed by atoms with E-state index in [1.165, 1.54) is 0 Å². The van der Waals surface area contributed by atoms with Gasteiger partial charge in [-0.05, 0) is 30.7 Å². The molecule has 5 heteroatoms. The van der Waals surface area contributed by atoms with Crippen molar-refractivity contribution in [2.45, 2.75) is 19.8 Å². The summed E-state index contributed by atoms with van der Waals surface area (Å²) in [5.74, 6) is 1.18. The number of nitrogens with zero attached hydrogens (tertiary/aromatic N) is 3. The average molecular weight is 237 g/mol. The largest absolute Gasteiger partial charge is 0.368 e. The molecule has 0 unspecified atom stereocenters. The van der Waals surface area contributed by atoms with E-state index < -0.39 is 0 Å². The van der Waals surface area contributed by atoms with Crippen molar-refractivity contribution in [3.8, 4) is 5.69 Å². The molecule has 0 saturated carbocycles. The van der Waals surface area contributed by atoms with Crippen molar-refractivity contribution >= 4 is 17.5 Å². The van der Waals surface area contributed by atoms with Gasteiger partial charge in [0.15, 0.2) is 5.82 Å². The van der Waals surface area contributed by atoms with Gasteiger partial charge in [0.2, 0.25) is 5.95 Å². The molecule has 2 rings (SSSR count). The third kappa shape index (κ3) is 2.17. The van der Waals surface area contributed by atoms with Crippen molar-refractivity contribution in [2.24, 2.45) is 0 Å². The van der Waals surface area contributed by atoms with Gasteiger partial charge in [0.05, 0.1) is 5.69 Å². The summed E-state index contributed by atoms with van der Waals surface area (Å²) in [6.07, 6.45) is 1.84. The molecular formula is C11H13ClN4. The second-order valence-corrected chi connectivity index (χ2v) is 3.96. The van der Waals surface area contributed by atoms with E-state index in [2.05, 4.69) is 17.0 Å². The smallest absolute Gasteiger partial charge is 0.223 e. The van der Waals surface area contributed by atoms with E-state index in [0.29, 0.717) is 11.0 Å². The van der Waals surface area contributed by atoms with E-state index in [1.54, 1.807) is 16.8 Å². The second kappa shape index (κ2) is 4.53. The summed E-state index contributed by atoms with van der Waals surface area (Å²) in [6, 6.07) is 7.33. The molecule has 0 aliphatic carbocycles. The van der Waals surface area contributed by atoms with E-state index in [-0.39, 0.29) is 0 Å². The van der Waals surface area contributed by atoms with Gasteiger partial charge in [0, 0.05) is 11.4 Å². The monoisotopic (exact) mass is 236 g/mol. The zero-order chi connectivity index (χ0) is 11.5. The van der Waals surface area contributed by atoms with Crippen molar-refractivity contribution in [3.05, 3.63) is 35.1 Å². The van der Waals surface area contributed by atoms with Crippen LogP contribution in [0, 0.1) is 0 Å². The fourth-order valence-electron chi connectivity index (χ4n) is 1.47. The Morgan fingerprint density at radius 2 is 2.00 bits per heavy atom. The number of aryl methyl sites for hydroxylation is 1. The highest BCUT2D eigenvalue weighted by Crippen LogP contribution is 2.15. The van der Waals surface area contributed by atoms with Crippen LogP contribution < -0.4 is 5.73 Å². The van der Waals surface area contributed by atoms with Crippen molar-refractivity contribution in [2.75, 3.05) is 5.73 Å². The van der Waals surface area contributed by atoms with Crippen molar-refractivity contribution < 1.29 is 0 Å². The fraction of sp³-hybridized carbons (Fsp3) is 0.273. The summed E-state index contributed by atoms with van der Waals surface area (Å²) in [4.78, 5) is 4.20. The summed E-state index contributed by atoms with van der Waals surface area (Å²) in [7, 11) is 0. The minimum Gasteiger partial charge on any atom is -0.368 e. The van der Waals surface area contributed by atoms with E-state index in [0.717, 1.165) is 24.4 Å². The van der Waals surface area contributed by atoms with Crippen LogP contribution >= 0.6 is 11.6 Å². The number of aromatic nitrogens is 3. The SMILES string of the molecule is CCCc1nc(N)n(-c2ccc(Cl)cc2)n1. The van der Waals surface area contributed by atoms with Gasteiger partial charge in [-0.15, -0.1) is 5.10 Å². The number of hydrogen-bond donors (Lipinski definition) is 1. The minimum absolute atomic E-state index is 0.408. The van der Waals surface area contributed by atoms with Crippen LogP contribution in [0.1, 0.15) is 19.2 Å². The zero-order valence-electron chi connectivity index (χ0n) is 9.02. The third-order valence-corrected chi connectivity index (χ3v) is 2.47. The predicted octanol–water partition coefficient (Wildman–Crippen LogP) is 2.46. The first-order valence-electron chi connectivity index (χ1n) is 5.18. The maximum atomic E-state index is 5.82. The molecule has 84 valence electrons. The van der Waals surface area contributed by atoms with Gasteiger partial charge in [0.1, 0.15) is 0 Å². The van der Waals surface area contributed by atoms with Gasteiger partial charge < -0.3 is 5.73 Å². The molecule has 0 saturated heterocycles. The molecule has 1 aromatic heterocycles. The molecule has 0 aliphatic heterocycles. The summed E-state index contributed by atoms with van der Waals surface area (Å²) in [5, 5.41) is 5.03. The Morgan fingerprint density at radius 1 is 1.31 bits per heavy atom. The van der Waals surface area contributed by atoms with Crippen LogP contribution in [0.25, 0.3) is 5.69 Å². The maximum absolute atomic E-state index is 5.82. The van der Waals surface area contributed by atoms with Crippen LogP contribution in [0.4, 0.5) is 5.95 Å². The average Bonchev–Trinajstić information content (AvgIpc) is 2.61. The number of rotatable bonds is 3. The number of halogens is 1. The lowest BCUT2D eigenvalue weighted by Gasteiger charge is -2.01. The van der Waals surface area contributed by atoms with Crippen LogP contribution in [0.3, 0.4) is 0 Å². The Morgan fingerprint density at radius 3 is 2.62 bits per heavy atom. The van der Waals surface area contributed by atoms with Crippen molar-refractivity contribution in [1.29, 1.82) is 0 Å². The molecule has 0 bridgehead atoms. The van der Waals surface area contributed by atoms with Gasteiger partial charge in [-0.25, -0.2) is 0 Å². The Labute approximate surface area is 99.1 Å². The van der Waals surface area contributed by atoms with Crippen molar-refractivity contribution in [1.82, 2.24) is 14.8 Å².